The van der Waals surface area contributed by atoms with Gasteiger partial charge >= 0.3 is 0 Å². The average molecular weight is 675 g/mol. The van der Waals surface area contributed by atoms with Crippen molar-refractivity contribution in [2.75, 3.05) is 13.2 Å². The lowest BCUT2D eigenvalue weighted by molar-refractivity contribution is -0.277. The van der Waals surface area contributed by atoms with Crippen molar-refractivity contribution in [3.63, 3.8) is 0 Å². The van der Waals surface area contributed by atoms with Crippen LogP contribution in [0.25, 0.3) is 0 Å². The molecule has 3 aromatic carbocycles. The molecule has 1 aliphatic carbocycles. The van der Waals surface area contributed by atoms with Crippen molar-refractivity contribution in [1.82, 2.24) is 0 Å². The molecule has 0 spiro atoms. The number of hydrogen-bond acceptors (Lipinski definition) is 16. The number of carbonyl (C=O) groups excluding carboxylic acids is 2. The number of hydrogen-bond donors (Lipinski definition) is 10. The zero-order valence-electron chi connectivity index (χ0n) is 24.9. The highest BCUT2D eigenvalue weighted by molar-refractivity contribution is 6.29. The van der Waals surface area contributed by atoms with Crippen LogP contribution >= 0.6 is 0 Å². The lowest BCUT2D eigenvalue weighted by Crippen LogP contribution is -2.60. The number of ketones is 2. The molecule has 16 heteroatoms. The summed E-state index contributed by atoms with van der Waals surface area (Å²) >= 11 is 0. The average Bonchev–Trinajstić information content (AvgIpc) is 3.09. The van der Waals surface area contributed by atoms with Gasteiger partial charge in [-0.2, -0.15) is 0 Å². The van der Waals surface area contributed by atoms with Gasteiger partial charge in [0.05, 0.1) is 18.8 Å². The van der Waals surface area contributed by atoms with Crippen LogP contribution in [0.3, 0.4) is 0 Å². The van der Waals surface area contributed by atoms with E-state index in [-0.39, 0.29) is 33.8 Å². The number of benzene rings is 3. The Bertz CT molecular complexity index is 1610. The Morgan fingerprint density at radius 2 is 1.06 bits per heavy atom. The first-order chi connectivity index (χ1) is 22.9. The Hall–Kier alpha value is -4.20. The summed E-state index contributed by atoms with van der Waals surface area (Å²) in [6, 6.07) is 14.5. The number of aliphatic hydroxyl groups is 8. The van der Waals surface area contributed by atoms with Gasteiger partial charge in [-0.15, -0.1) is 0 Å². The van der Waals surface area contributed by atoms with Gasteiger partial charge in [0.2, 0.25) is 12.6 Å². The second-order valence-electron chi connectivity index (χ2n) is 11.2. The van der Waals surface area contributed by atoms with E-state index in [1.165, 1.54) is 48.5 Å². The Kier molecular flexibility index (Phi) is 10.6. The number of rotatable bonds is 6. The van der Waals surface area contributed by atoms with Crippen LogP contribution in [0.1, 0.15) is 31.8 Å². The van der Waals surface area contributed by atoms with E-state index in [4.69, 9.17) is 29.2 Å². The van der Waals surface area contributed by atoms with E-state index in [0.29, 0.717) is 5.75 Å². The van der Waals surface area contributed by atoms with Gasteiger partial charge in [-0.05, 0) is 36.4 Å². The molecule has 0 radical (unpaired) electrons. The number of carbonyl (C=O) groups is 2. The van der Waals surface area contributed by atoms with E-state index in [1.54, 1.807) is 12.1 Å². The van der Waals surface area contributed by atoms with Crippen molar-refractivity contribution >= 4 is 11.6 Å². The Morgan fingerprint density at radius 1 is 0.562 bits per heavy atom. The molecular formula is C32H34O16. The molecule has 0 bridgehead atoms. The highest BCUT2D eigenvalue weighted by Crippen LogP contribution is 2.40. The molecule has 0 aromatic heterocycles. The Balaban J connectivity index is 0.000000206. The molecular weight excluding hydrogens is 640 g/mol. The summed E-state index contributed by atoms with van der Waals surface area (Å²) in [6.45, 7) is -1.16. The third-order valence-electron chi connectivity index (χ3n) is 8.06. The van der Waals surface area contributed by atoms with E-state index in [1.807, 2.05) is 0 Å². The Labute approximate surface area is 271 Å². The molecule has 16 nitrogen and oxygen atoms in total. The molecule has 10 N–H and O–H groups in total. The fourth-order valence-corrected chi connectivity index (χ4v) is 5.36. The minimum absolute atomic E-state index is 0.00681. The van der Waals surface area contributed by atoms with E-state index < -0.39 is 91.9 Å². The number of ether oxygens (including phenoxy) is 4. The summed E-state index contributed by atoms with van der Waals surface area (Å²) in [4.78, 5) is 25.5. The number of aromatic hydroxyl groups is 2. The molecule has 2 fully saturated rings. The largest absolute Gasteiger partial charge is 0.508 e. The number of fused-ring (bicyclic) bond motifs is 2. The third kappa shape index (κ3) is 6.71. The smallest absolute Gasteiger partial charge is 0.229 e. The number of aliphatic hydroxyl groups excluding tert-OH is 8. The standard InChI is InChI=1S/C20H18O9.C12H16O7/c21-7-12-17(25)18(26)19(27)20(29-12)28-11-6-5-10-13(16(11)24)15(23)9-4-2-1-3-8(9)14(10)22;13-5-8-9(15)10(16)11(17)12(19-8)18-7-3-1-6(14)2-4-7/h1-6,12,17-21,24-27H,7H2;1-4,8-17H,5H2/t12-,17-,18+,19-,20-;8-,9-,10+,11-,12-/m11/s1. The summed E-state index contributed by atoms with van der Waals surface area (Å²) in [5.74, 6) is -1.51. The van der Waals surface area contributed by atoms with E-state index in [2.05, 4.69) is 0 Å². The van der Waals surface area contributed by atoms with Crippen molar-refractivity contribution in [2.45, 2.75) is 61.4 Å². The van der Waals surface area contributed by atoms with Crippen LogP contribution in [0.4, 0.5) is 0 Å². The van der Waals surface area contributed by atoms with Gasteiger partial charge in [0.1, 0.15) is 60.3 Å². The van der Waals surface area contributed by atoms with Crippen molar-refractivity contribution in [2.24, 2.45) is 0 Å². The molecule has 6 rings (SSSR count). The molecule has 3 aromatic rings. The lowest BCUT2D eigenvalue weighted by atomic mass is 9.83. The summed E-state index contributed by atoms with van der Waals surface area (Å²) < 4.78 is 21.1. The minimum atomic E-state index is -1.69. The van der Waals surface area contributed by atoms with Crippen LogP contribution in [-0.2, 0) is 9.47 Å². The van der Waals surface area contributed by atoms with Crippen LogP contribution in [0, 0.1) is 0 Å². The normalized spacial score (nSPS) is 31.2. The first kappa shape index (κ1) is 35.1. The van der Waals surface area contributed by atoms with Gasteiger partial charge in [-0.3, -0.25) is 9.59 Å². The molecule has 0 amide bonds. The molecule has 0 saturated carbocycles. The van der Waals surface area contributed by atoms with Crippen molar-refractivity contribution in [1.29, 1.82) is 0 Å². The van der Waals surface area contributed by atoms with Crippen LogP contribution in [0.2, 0.25) is 0 Å². The summed E-state index contributed by atoms with van der Waals surface area (Å²) in [5.41, 5.74) is 0.139. The maximum atomic E-state index is 12.8. The molecule has 2 saturated heterocycles. The summed E-state index contributed by atoms with van der Waals surface area (Å²) in [6.07, 6.45) is -14.3. The fraction of sp³-hybridized carbons (Fsp3) is 0.375. The minimum Gasteiger partial charge on any atom is -0.508 e. The predicted octanol–water partition coefficient (Wildman–Crippen LogP) is -2.08. The monoisotopic (exact) mass is 674 g/mol. The van der Waals surface area contributed by atoms with Crippen LogP contribution < -0.4 is 9.47 Å². The van der Waals surface area contributed by atoms with E-state index in [9.17, 15) is 50.4 Å². The maximum absolute atomic E-state index is 12.8. The first-order valence-corrected chi connectivity index (χ1v) is 14.7. The third-order valence-corrected chi connectivity index (χ3v) is 8.06. The van der Waals surface area contributed by atoms with Crippen molar-refractivity contribution < 1.29 is 79.6 Å². The Morgan fingerprint density at radius 3 is 1.58 bits per heavy atom. The number of phenolic OH excluding ortho intramolecular Hbond substituents is 2. The topological polar surface area (TPSA) is 273 Å². The van der Waals surface area contributed by atoms with E-state index in [0.717, 1.165) is 0 Å². The summed E-state index contributed by atoms with van der Waals surface area (Å²) in [7, 11) is 0. The zero-order chi connectivity index (χ0) is 34.9. The van der Waals surface area contributed by atoms with Gasteiger partial charge < -0.3 is 70.0 Å². The SMILES string of the molecule is O=C1c2ccccc2C(=O)c2c1ccc(O[C@@H]1O[C@H](CO)[C@@H](O)[C@H](O)[C@H]1O)c2O.OC[C@H]1O[C@@H](Oc2ccc(O)cc2)[C@H](O)[C@@H](O)[C@@H]1O. The van der Waals surface area contributed by atoms with Gasteiger partial charge in [-0.25, -0.2) is 0 Å². The first-order valence-electron chi connectivity index (χ1n) is 14.7. The molecule has 48 heavy (non-hydrogen) atoms. The molecule has 2 aliphatic heterocycles. The molecule has 10 atom stereocenters. The molecule has 0 unspecified atom stereocenters. The summed E-state index contributed by atoms with van der Waals surface area (Å²) in [5, 5.41) is 96.7. The quantitative estimate of drug-likeness (QED) is 0.105. The fourth-order valence-electron chi connectivity index (χ4n) is 5.36. The second kappa shape index (κ2) is 14.5. The second-order valence-corrected chi connectivity index (χ2v) is 11.2. The van der Waals surface area contributed by atoms with Gasteiger partial charge in [0.25, 0.3) is 0 Å². The van der Waals surface area contributed by atoms with Gasteiger partial charge in [0.15, 0.2) is 23.1 Å². The van der Waals surface area contributed by atoms with Crippen molar-refractivity contribution in [3.8, 4) is 23.0 Å². The van der Waals surface area contributed by atoms with Crippen LogP contribution in [-0.4, -0.2) is 137 Å². The molecule has 2 heterocycles. The van der Waals surface area contributed by atoms with Crippen molar-refractivity contribution in [3.05, 3.63) is 82.9 Å². The van der Waals surface area contributed by atoms with Gasteiger partial charge in [-0.1, -0.05) is 24.3 Å². The number of phenols is 2. The molecule has 3 aliphatic rings. The van der Waals surface area contributed by atoms with Crippen LogP contribution in [0.15, 0.2) is 60.7 Å². The highest BCUT2D eigenvalue weighted by Gasteiger charge is 2.46. The highest BCUT2D eigenvalue weighted by atomic mass is 16.7. The maximum Gasteiger partial charge on any atom is 0.229 e. The predicted molar refractivity (Wildman–Crippen MR) is 158 cm³/mol. The molecule has 258 valence electrons. The van der Waals surface area contributed by atoms with Gasteiger partial charge in [0, 0.05) is 16.7 Å². The van der Waals surface area contributed by atoms with Crippen LogP contribution in [0.5, 0.6) is 23.0 Å². The zero-order valence-corrected chi connectivity index (χ0v) is 24.9. The lowest BCUT2D eigenvalue weighted by Gasteiger charge is -2.39. The van der Waals surface area contributed by atoms with E-state index >= 15 is 0 Å².